The van der Waals surface area contributed by atoms with Crippen molar-refractivity contribution in [1.29, 1.82) is 0 Å². The topological polar surface area (TPSA) is 50.8 Å². The van der Waals surface area contributed by atoms with Crippen LogP contribution in [0.2, 0.25) is 0 Å². The lowest BCUT2D eigenvalue weighted by molar-refractivity contribution is -0.141. The molecule has 1 amide bonds. The fourth-order valence-corrected chi connectivity index (χ4v) is 3.77. The molecule has 5 nitrogen and oxygen atoms in total. The highest BCUT2D eigenvalue weighted by molar-refractivity contribution is 5.97. The van der Waals surface area contributed by atoms with Crippen LogP contribution in [-0.2, 0) is 9.53 Å². The van der Waals surface area contributed by atoms with Crippen molar-refractivity contribution in [1.82, 2.24) is 4.90 Å². The molecule has 0 radical (unpaired) electrons. The average molecular weight is 375 g/mol. The van der Waals surface area contributed by atoms with Crippen LogP contribution in [0.1, 0.15) is 46.5 Å². The molecule has 0 spiro atoms. The summed E-state index contributed by atoms with van der Waals surface area (Å²) in [5, 5.41) is 3.00. The first-order valence-corrected chi connectivity index (χ1v) is 10.4. The van der Waals surface area contributed by atoms with Crippen molar-refractivity contribution in [2.75, 3.05) is 38.2 Å². The second kappa shape index (κ2) is 9.07. The first kappa shape index (κ1) is 20.2. The highest BCUT2D eigenvalue weighted by Gasteiger charge is 2.48. The maximum Gasteiger partial charge on any atom is 0.256 e. The van der Waals surface area contributed by atoms with Crippen LogP contribution in [0, 0.1) is 11.8 Å². The minimum atomic E-state index is -0.726. The third-order valence-electron chi connectivity index (χ3n) is 5.92. The summed E-state index contributed by atoms with van der Waals surface area (Å²) in [7, 11) is 0. The van der Waals surface area contributed by atoms with Crippen LogP contribution in [0.15, 0.2) is 24.3 Å². The molecule has 2 aliphatic rings. The predicted octanol–water partition coefficient (Wildman–Crippen LogP) is 3.94. The smallest absolute Gasteiger partial charge is 0.256 e. The van der Waals surface area contributed by atoms with Gasteiger partial charge < -0.3 is 14.8 Å². The first-order chi connectivity index (χ1) is 13.0. The van der Waals surface area contributed by atoms with Crippen molar-refractivity contribution in [3.63, 3.8) is 0 Å². The molecule has 1 heterocycles. The molecule has 1 aliphatic heterocycles. The van der Waals surface area contributed by atoms with Crippen LogP contribution in [-0.4, -0.2) is 49.3 Å². The Labute approximate surface area is 163 Å². The Morgan fingerprint density at radius 2 is 1.85 bits per heavy atom. The van der Waals surface area contributed by atoms with E-state index in [1.54, 1.807) is 0 Å². The third-order valence-corrected chi connectivity index (χ3v) is 5.92. The fraction of sp³-hybridized carbons (Fsp3) is 0.682. The van der Waals surface area contributed by atoms with E-state index in [-0.39, 0.29) is 5.91 Å². The number of carbonyl (C=O) groups is 1. The van der Waals surface area contributed by atoms with Crippen LogP contribution >= 0.6 is 0 Å². The second-order valence-corrected chi connectivity index (χ2v) is 8.17. The molecule has 5 heteroatoms. The summed E-state index contributed by atoms with van der Waals surface area (Å²) in [5.74, 6) is 1.97. The van der Waals surface area contributed by atoms with Gasteiger partial charge in [0.05, 0.1) is 0 Å². The number of rotatable bonds is 9. The molecule has 1 aliphatic carbocycles. The summed E-state index contributed by atoms with van der Waals surface area (Å²) in [6.45, 7) is 10.7. The molecular weight excluding hydrogens is 340 g/mol. The quantitative estimate of drug-likeness (QED) is 0.711. The molecule has 150 valence electrons. The predicted molar refractivity (Wildman–Crippen MR) is 108 cm³/mol. The fourth-order valence-electron chi connectivity index (χ4n) is 3.77. The lowest BCUT2D eigenvalue weighted by Gasteiger charge is -2.29. The molecule has 2 fully saturated rings. The van der Waals surface area contributed by atoms with Crippen molar-refractivity contribution in [2.45, 2.75) is 52.1 Å². The average Bonchev–Trinajstić information content (AvgIpc) is 3.50. The second-order valence-electron chi connectivity index (χ2n) is 8.17. The van der Waals surface area contributed by atoms with Crippen molar-refractivity contribution in [3.05, 3.63) is 24.3 Å². The third kappa shape index (κ3) is 5.45. The molecule has 0 bridgehead atoms. The van der Waals surface area contributed by atoms with E-state index in [0.29, 0.717) is 19.1 Å². The highest BCUT2D eigenvalue weighted by Crippen LogP contribution is 2.42. The molecule has 1 saturated heterocycles. The Hall–Kier alpha value is -1.59. The van der Waals surface area contributed by atoms with E-state index in [9.17, 15) is 4.79 Å². The minimum absolute atomic E-state index is 0.0557. The van der Waals surface area contributed by atoms with Gasteiger partial charge in [0.2, 0.25) is 0 Å². The molecule has 27 heavy (non-hydrogen) atoms. The first-order valence-electron chi connectivity index (χ1n) is 10.4. The summed E-state index contributed by atoms with van der Waals surface area (Å²) >= 11 is 0. The number of nitrogens with zero attached hydrogens (tertiary/aromatic N) is 1. The summed E-state index contributed by atoms with van der Waals surface area (Å²) in [4.78, 5) is 15.2. The standard InChI is InChI=1S/C22H34N2O3/c1-4-27-22(3,18-5-6-18)21(25)23-19-7-9-20(10-8-19)26-16-15-24-13-11-17(2)12-14-24/h7-10,17-18H,4-6,11-16H2,1-3H3,(H,23,25)/t22-/m1/s1. The van der Waals surface area contributed by atoms with E-state index in [1.807, 2.05) is 38.1 Å². The SMILES string of the molecule is CCO[C@@](C)(C(=O)Nc1ccc(OCCN2CCC(C)CC2)cc1)C1CC1. The monoisotopic (exact) mass is 374 g/mol. The molecule has 0 aromatic heterocycles. The van der Waals surface area contributed by atoms with Gasteiger partial charge in [-0.05, 0) is 88.7 Å². The van der Waals surface area contributed by atoms with Crippen LogP contribution in [0.3, 0.4) is 0 Å². The molecule has 1 saturated carbocycles. The maximum absolute atomic E-state index is 12.7. The minimum Gasteiger partial charge on any atom is -0.492 e. The van der Waals surface area contributed by atoms with Gasteiger partial charge in [0, 0.05) is 18.8 Å². The van der Waals surface area contributed by atoms with Gasteiger partial charge in [-0.1, -0.05) is 6.92 Å². The van der Waals surface area contributed by atoms with E-state index in [0.717, 1.165) is 36.7 Å². The Balaban J connectivity index is 1.45. The number of piperidine rings is 1. The normalized spacial score (nSPS) is 20.9. The Morgan fingerprint density at radius 3 is 2.44 bits per heavy atom. The number of amides is 1. The lowest BCUT2D eigenvalue weighted by Crippen LogP contribution is -2.44. The Kier molecular flexibility index (Phi) is 6.77. The zero-order valence-electron chi connectivity index (χ0n) is 17.0. The van der Waals surface area contributed by atoms with Gasteiger partial charge >= 0.3 is 0 Å². The van der Waals surface area contributed by atoms with Gasteiger partial charge in [0.1, 0.15) is 18.0 Å². The number of hydrogen-bond acceptors (Lipinski definition) is 4. The number of carbonyl (C=O) groups excluding carboxylic acids is 1. The van der Waals surface area contributed by atoms with Gasteiger partial charge in [-0.3, -0.25) is 9.69 Å². The van der Waals surface area contributed by atoms with Gasteiger partial charge in [-0.25, -0.2) is 0 Å². The Morgan fingerprint density at radius 1 is 1.19 bits per heavy atom. The van der Waals surface area contributed by atoms with Crippen molar-refractivity contribution in [3.8, 4) is 5.75 Å². The van der Waals surface area contributed by atoms with Gasteiger partial charge in [0.15, 0.2) is 0 Å². The molecule has 1 atom stereocenters. The molecule has 1 aromatic rings. The van der Waals surface area contributed by atoms with Gasteiger partial charge in [-0.15, -0.1) is 0 Å². The van der Waals surface area contributed by atoms with E-state index < -0.39 is 5.60 Å². The van der Waals surface area contributed by atoms with E-state index in [1.165, 1.54) is 25.9 Å². The number of hydrogen-bond donors (Lipinski definition) is 1. The summed E-state index contributed by atoms with van der Waals surface area (Å²) in [6.07, 6.45) is 4.70. The zero-order valence-corrected chi connectivity index (χ0v) is 17.0. The summed E-state index contributed by atoms with van der Waals surface area (Å²) in [5.41, 5.74) is 0.0551. The number of ether oxygens (including phenoxy) is 2. The van der Waals surface area contributed by atoms with Gasteiger partial charge in [-0.2, -0.15) is 0 Å². The molecule has 1 aromatic carbocycles. The van der Waals surface area contributed by atoms with Crippen LogP contribution < -0.4 is 10.1 Å². The van der Waals surface area contributed by atoms with E-state index in [2.05, 4.69) is 17.1 Å². The number of likely N-dealkylation sites (tertiary alicyclic amines) is 1. The molecule has 3 rings (SSSR count). The Bertz CT molecular complexity index is 606. The lowest BCUT2D eigenvalue weighted by atomic mass is 9.99. The van der Waals surface area contributed by atoms with E-state index >= 15 is 0 Å². The van der Waals surface area contributed by atoms with Crippen molar-refractivity contribution in [2.24, 2.45) is 11.8 Å². The number of nitrogens with one attached hydrogen (secondary N) is 1. The summed E-state index contributed by atoms with van der Waals surface area (Å²) in [6, 6.07) is 7.64. The van der Waals surface area contributed by atoms with Crippen molar-refractivity contribution >= 4 is 11.6 Å². The summed E-state index contributed by atoms with van der Waals surface area (Å²) < 4.78 is 11.7. The number of benzene rings is 1. The number of anilines is 1. The van der Waals surface area contributed by atoms with Crippen LogP contribution in [0.4, 0.5) is 5.69 Å². The highest BCUT2D eigenvalue weighted by atomic mass is 16.5. The van der Waals surface area contributed by atoms with Crippen molar-refractivity contribution < 1.29 is 14.3 Å². The van der Waals surface area contributed by atoms with Gasteiger partial charge in [0.25, 0.3) is 5.91 Å². The van der Waals surface area contributed by atoms with Crippen LogP contribution in [0.5, 0.6) is 5.75 Å². The molecule has 1 N–H and O–H groups in total. The molecule has 0 unspecified atom stereocenters. The molecular formula is C22H34N2O3. The largest absolute Gasteiger partial charge is 0.492 e. The van der Waals surface area contributed by atoms with E-state index in [4.69, 9.17) is 9.47 Å². The maximum atomic E-state index is 12.7. The van der Waals surface area contributed by atoms with Crippen LogP contribution in [0.25, 0.3) is 0 Å². The zero-order chi connectivity index (χ0) is 19.3.